The quantitative estimate of drug-likeness (QED) is 0.607. The molecule has 0 aliphatic heterocycles. The molecule has 0 unspecified atom stereocenters. The molecule has 1 amide bonds. The van der Waals surface area contributed by atoms with Gasteiger partial charge in [0.2, 0.25) is 0 Å². The number of rotatable bonds is 6. The minimum Gasteiger partial charge on any atom is -0.452 e. The number of benzene rings is 1. The van der Waals surface area contributed by atoms with Gasteiger partial charge in [0.05, 0.1) is 21.9 Å². The van der Waals surface area contributed by atoms with Crippen LogP contribution < -0.4 is 5.32 Å². The summed E-state index contributed by atoms with van der Waals surface area (Å²) in [6.07, 6.45) is 1.46. The first kappa shape index (κ1) is 18.9. The third-order valence-electron chi connectivity index (χ3n) is 3.19. The average Bonchev–Trinajstić information content (AvgIpc) is 2.61. The van der Waals surface area contributed by atoms with Crippen LogP contribution in [0.1, 0.15) is 17.3 Å². The van der Waals surface area contributed by atoms with Gasteiger partial charge in [0.15, 0.2) is 21.6 Å². The highest BCUT2D eigenvalue weighted by Crippen LogP contribution is 2.19. The Morgan fingerprint density at radius 1 is 1.20 bits per heavy atom. The summed E-state index contributed by atoms with van der Waals surface area (Å²) in [5, 5.41) is 2.54. The van der Waals surface area contributed by atoms with Gasteiger partial charge >= 0.3 is 5.97 Å². The normalized spacial score (nSPS) is 11.0. The Kier molecular flexibility index (Phi) is 6.11. The van der Waals surface area contributed by atoms with Crippen LogP contribution in [0.25, 0.3) is 0 Å². The third kappa shape index (κ3) is 4.77. The first-order chi connectivity index (χ1) is 11.8. The van der Waals surface area contributed by atoms with Gasteiger partial charge in [-0.25, -0.2) is 18.2 Å². The number of aromatic nitrogens is 1. The molecular weight excluding hydrogens is 368 g/mol. The van der Waals surface area contributed by atoms with E-state index >= 15 is 0 Å². The summed E-state index contributed by atoms with van der Waals surface area (Å²) in [5.74, 6) is -1.68. The number of carbonyl (C=O) groups is 2. The molecular formula is C16H15ClN2O5S. The van der Waals surface area contributed by atoms with E-state index in [1.807, 2.05) is 0 Å². The van der Waals surface area contributed by atoms with E-state index in [9.17, 15) is 18.0 Å². The predicted molar refractivity (Wildman–Crippen MR) is 92.3 cm³/mol. The molecule has 7 nitrogen and oxygen atoms in total. The number of pyridine rings is 1. The van der Waals surface area contributed by atoms with Crippen LogP contribution in [0.2, 0.25) is 5.15 Å². The molecule has 0 saturated heterocycles. The van der Waals surface area contributed by atoms with Gasteiger partial charge in [-0.15, -0.1) is 0 Å². The molecule has 2 rings (SSSR count). The van der Waals surface area contributed by atoms with Crippen molar-refractivity contribution in [3.05, 3.63) is 53.3 Å². The first-order valence-electron chi connectivity index (χ1n) is 7.24. The van der Waals surface area contributed by atoms with Gasteiger partial charge in [0.25, 0.3) is 5.91 Å². The van der Waals surface area contributed by atoms with E-state index < -0.39 is 28.3 Å². The van der Waals surface area contributed by atoms with Gasteiger partial charge in [-0.2, -0.15) is 0 Å². The fourth-order valence-corrected chi connectivity index (χ4v) is 3.19. The maximum atomic E-state index is 12.1. The number of ether oxygens (including phenoxy) is 1. The van der Waals surface area contributed by atoms with Crippen LogP contribution in [-0.4, -0.2) is 37.6 Å². The highest BCUT2D eigenvalue weighted by Gasteiger charge is 2.22. The molecule has 0 aliphatic carbocycles. The molecule has 0 atom stereocenters. The number of amides is 1. The number of esters is 1. The maximum Gasteiger partial charge on any atom is 0.339 e. The smallest absolute Gasteiger partial charge is 0.339 e. The molecule has 0 saturated carbocycles. The van der Waals surface area contributed by atoms with Crippen molar-refractivity contribution >= 4 is 39.0 Å². The lowest BCUT2D eigenvalue weighted by Crippen LogP contribution is -2.22. The summed E-state index contributed by atoms with van der Waals surface area (Å²) >= 11 is 5.81. The van der Waals surface area contributed by atoms with E-state index in [4.69, 9.17) is 16.3 Å². The van der Waals surface area contributed by atoms with E-state index in [2.05, 4.69) is 10.3 Å². The van der Waals surface area contributed by atoms with E-state index in [0.717, 1.165) is 0 Å². The number of halogens is 1. The maximum absolute atomic E-state index is 12.1. The highest BCUT2D eigenvalue weighted by atomic mass is 35.5. The summed E-state index contributed by atoms with van der Waals surface area (Å²) < 4.78 is 29.0. The van der Waals surface area contributed by atoms with Crippen LogP contribution in [0.15, 0.2) is 47.5 Å². The van der Waals surface area contributed by atoms with Crippen molar-refractivity contribution in [1.82, 2.24) is 4.98 Å². The van der Waals surface area contributed by atoms with E-state index in [1.165, 1.54) is 43.5 Å². The number of sulfone groups is 1. The van der Waals surface area contributed by atoms with Crippen molar-refractivity contribution in [1.29, 1.82) is 0 Å². The zero-order chi connectivity index (χ0) is 18.4. The fourth-order valence-electron chi connectivity index (χ4n) is 1.94. The summed E-state index contributed by atoms with van der Waals surface area (Å²) in [4.78, 5) is 27.7. The Bertz CT molecular complexity index is 899. The van der Waals surface area contributed by atoms with Gasteiger partial charge < -0.3 is 10.1 Å². The van der Waals surface area contributed by atoms with Crippen LogP contribution >= 0.6 is 11.6 Å². The number of carbonyl (C=O) groups excluding carboxylic acids is 2. The number of nitrogens with one attached hydrogen (secondary N) is 1. The largest absolute Gasteiger partial charge is 0.452 e. The first-order valence-corrected chi connectivity index (χ1v) is 9.27. The molecule has 0 bridgehead atoms. The molecule has 0 fully saturated rings. The number of nitrogens with zero attached hydrogens (tertiary/aromatic N) is 1. The van der Waals surface area contributed by atoms with Crippen LogP contribution in [0.3, 0.4) is 0 Å². The molecule has 1 aromatic carbocycles. The number of anilines is 1. The van der Waals surface area contributed by atoms with Crippen molar-refractivity contribution in [2.45, 2.75) is 11.8 Å². The van der Waals surface area contributed by atoms with Crippen molar-refractivity contribution in [2.24, 2.45) is 0 Å². The summed E-state index contributed by atoms with van der Waals surface area (Å²) in [6.45, 7) is 0.882. The van der Waals surface area contributed by atoms with Crippen molar-refractivity contribution < 1.29 is 22.7 Å². The lowest BCUT2D eigenvalue weighted by Gasteiger charge is -2.10. The molecule has 132 valence electrons. The topological polar surface area (TPSA) is 102 Å². The van der Waals surface area contributed by atoms with Gasteiger partial charge in [-0.05, 0) is 24.3 Å². The van der Waals surface area contributed by atoms with Crippen molar-refractivity contribution in [2.75, 3.05) is 17.7 Å². The summed E-state index contributed by atoms with van der Waals surface area (Å²) in [7, 11) is -3.59. The lowest BCUT2D eigenvalue weighted by molar-refractivity contribution is -0.119. The zero-order valence-corrected chi connectivity index (χ0v) is 14.8. The Morgan fingerprint density at radius 2 is 1.92 bits per heavy atom. The van der Waals surface area contributed by atoms with Crippen LogP contribution in [-0.2, 0) is 19.4 Å². The van der Waals surface area contributed by atoms with E-state index in [-0.39, 0.29) is 27.1 Å². The Labute approximate surface area is 149 Å². The molecule has 2 aromatic rings. The molecule has 9 heteroatoms. The molecule has 1 heterocycles. The van der Waals surface area contributed by atoms with E-state index in [1.54, 1.807) is 6.07 Å². The lowest BCUT2D eigenvalue weighted by atomic mass is 10.2. The highest BCUT2D eigenvalue weighted by molar-refractivity contribution is 7.91. The minimum absolute atomic E-state index is 0.0987. The molecule has 1 N–H and O–H groups in total. The van der Waals surface area contributed by atoms with Crippen molar-refractivity contribution in [3.63, 3.8) is 0 Å². The molecule has 1 aromatic heterocycles. The summed E-state index contributed by atoms with van der Waals surface area (Å²) in [5.41, 5.74) is 0.163. The SMILES string of the molecule is CCS(=O)(=O)c1ccccc1C(=O)OCC(=O)Nc1cccnc1Cl. The molecule has 0 spiro atoms. The van der Waals surface area contributed by atoms with Crippen LogP contribution in [0.5, 0.6) is 0 Å². The third-order valence-corrected chi connectivity index (χ3v) is 5.28. The minimum atomic E-state index is -3.59. The zero-order valence-electron chi connectivity index (χ0n) is 13.2. The molecule has 0 aliphatic rings. The predicted octanol–water partition coefficient (Wildman–Crippen LogP) is 2.32. The molecule has 25 heavy (non-hydrogen) atoms. The fraction of sp³-hybridized carbons (Fsp3) is 0.188. The molecule has 0 radical (unpaired) electrons. The second-order valence-electron chi connectivity index (χ2n) is 4.87. The Morgan fingerprint density at radius 3 is 2.60 bits per heavy atom. The summed E-state index contributed by atoms with van der Waals surface area (Å²) in [6, 6.07) is 8.81. The van der Waals surface area contributed by atoms with E-state index in [0.29, 0.717) is 0 Å². The monoisotopic (exact) mass is 382 g/mol. The van der Waals surface area contributed by atoms with Crippen LogP contribution in [0.4, 0.5) is 5.69 Å². The van der Waals surface area contributed by atoms with Crippen molar-refractivity contribution in [3.8, 4) is 0 Å². The number of hydrogen-bond acceptors (Lipinski definition) is 6. The average molecular weight is 383 g/mol. The van der Waals surface area contributed by atoms with Gasteiger partial charge in [0, 0.05) is 6.20 Å². The number of hydrogen-bond donors (Lipinski definition) is 1. The second-order valence-corrected chi connectivity index (χ2v) is 7.47. The van der Waals surface area contributed by atoms with Crippen LogP contribution in [0, 0.1) is 0 Å². The Balaban J connectivity index is 2.06. The Hall–Kier alpha value is -2.45. The van der Waals surface area contributed by atoms with Gasteiger partial charge in [-0.3, -0.25) is 4.79 Å². The second kappa shape index (κ2) is 8.09. The standard InChI is InChI=1S/C16H15ClN2O5S/c1-2-25(22,23)13-8-4-3-6-11(13)16(21)24-10-14(20)19-12-7-5-9-18-15(12)17/h3-9H,2,10H2,1H3,(H,19,20). The van der Waals surface area contributed by atoms with Gasteiger partial charge in [0.1, 0.15) is 0 Å². The van der Waals surface area contributed by atoms with Gasteiger partial charge in [-0.1, -0.05) is 30.7 Å².